The standard InChI is InChI=1S/C14H17N3O2S/c1-10(12-3-5-14(6-4-12)17(18)19)15-8-7-13-9-20-11(2)16-13/h3-6,9-10,15H,7-8H2,1-2H3/t10-/m0/s1. The minimum atomic E-state index is -0.382. The van der Waals surface area contributed by atoms with Gasteiger partial charge >= 0.3 is 0 Å². The van der Waals surface area contributed by atoms with E-state index in [9.17, 15) is 10.1 Å². The Morgan fingerprint density at radius 3 is 2.65 bits per heavy atom. The molecule has 0 unspecified atom stereocenters. The van der Waals surface area contributed by atoms with E-state index < -0.39 is 0 Å². The number of nitrogens with one attached hydrogen (secondary N) is 1. The molecule has 0 radical (unpaired) electrons. The van der Waals surface area contributed by atoms with Crippen LogP contribution in [0.4, 0.5) is 5.69 Å². The molecule has 0 fully saturated rings. The quantitative estimate of drug-likeness (QED) is 0.655. The highest BCUT2D eigenvalue weighted by molar-refractivity contribution is 7.09. The van der Waals surface area contributed by atoms with Gasteiger partial charge < -0.3 is 5.32 Å². The van der Waals surface area contributed by atoms with Crippen molar-refractivity contribution in [2.75, 3.05) is 6.54 Å². The van der Waals surface area contributed by atoms with Crippen molar-refractivity contribution in [2.45, 2.75) is 26.3 Å². The Labute approximate surface area is 121 Å². The molecule has 0 bridgehead atoms. The van der Waals surface area contributed by atoms with Crippen LogP contribution in [0.5, 0.6) is 0 Å². The van der Waals surface area contributed by atoms with Crippen molar-refractivity contribution in [1.82, 2.24) is 10.3 Å². The van der Waals surface area contributed by atoms with E-state index in [1.165, 1.54) is 12.1 Å². The van der Waals surface area contributed by atoms with E-state index in [1.807, 2.05) is 13.8 Å². The van der Waals surface area contributed by atoms with Crippen LogP contribution in [0, 0.1) is 17.0 Å². The Morgan fingerprint density at radius 2 is 2.10 bits per heavy atom. The first-order valence-electron chi connectivity index (χ1n) is 6.45. The molecule has 1 N–H and O–H groups in total. The van der Waals surface area contributed by atoms with Crippen LogP contribution in [-0.4, -0.2) is 16.5 Å². The van der Waals surface area contributed by atoms with Gasteiger partial charge in [0.15, 0.2) is 0 Å². The van der Waals surface area contributed by atoms with Crippen molar-refractivity contribution in [2.24, 2.45) is 0 Å². The van der Waals surface area contributed by atoms with Crippen LogP contribution in [0.2, 0.25) is 0 Å². The van der Waals surface area contributed by atoms with Crippen LogP contribution in [0.3, 0.4) is 0 Å². The van der Waals surface area contributed by atoms with Gasteiger partial charge in [0.25, 0.3) is 5.69 Å². The summed E-state index contributed by atoms with van der Waals surface area (Å²) in [6, 6.07) is 6.83. The molecule has 0 aliphatic carbocycles. The molecule has 1 aromatic carbocycles. The maximum atomic E-state index is 10.6. The Morgan fingerprint density at radius 1 is 1.40 bits per heavy atom. The zero-order chi connectivity index (χ0) is 14.5. The summed E-state index contributed by atoms with van der Waals surface area (Å²) in [4.78, 5) is 14.6. The van der Waals surface area contributed by atoms with Crippen LogP contribution < -0.4 is 5.32 Å². The summed E-state index contributed by atoms with van der Waals surface area (Å²) < 4.78 is 0. The first-order valence-corrected chi connectivity index (χ1v) is 7.33. The second-order valence-corrected chi connectivity index (χ2v) is 5.69. The van der Waals surface area contributed by atoms with Crippen LogP contribution >= 0.6 is 11.3 Å². The summed E-state index contributed by atoms with van der Waals surface area (Å²) in [6.45, 7) is 4.88. The van der Waals surface area contributed by atoms with E-state index in [0.717, 1.165) is 29.2 Å². The maximum absolute atomic E-state index is 10.6. The van der Waals surface area contributed by atoms with Gasteiger partial charge in [-0.2, -0.15) is 0 Å². The number of hydrogen-bond donors (Lipinski definition) is 1. The van der Waals surface area contributed by atoms with Gasteiger partial charge in [-0.3, -0.25) is 10.1 Å². The van der Waals surface area contributed by atoms with Crippen molar-refractivity contribution in [1.29, 1.82) is 0 Å². The molecule has 0 spiro atoms. The topological polar surface area (TPSA) is 68.1 Å². The molecule has 5 nitrogen and oxygen atoms in total. The van der Waals surface area contributed by atoms with Crippen LogP contribution in [0.25, 0.3) is 0 Å². The number of nitro groups is 1. The summed E-state index contributed by atoms with van der Waals surface area (Å²) in [6.07, 6.45) is 0.891. The van der Waals surface area contributed by atoms with Gasteiger partial charge in [-0.1, -0.05) is 12.1 Å². The lowest BCUT2D eigenvalue weighted by atomic mass is 10.1. The average Bonchev–Trinajstić information content (AvgIpc) is 2.84. The van der Waals surface area contributed by atoms with Gasteiger partial charge in [-0.05, 0) is 19.4 Å². The minimum absolute atomic E-state index is 0.124. The Bertz CT molecular complexity index is 580. The van der Waals surface area contributed by atoms with Gasteiger partial charge in [-0.25, -0.2) is 4.98 Å². The monoisotopic (exact) mass is 291 g/mol. The van der Waals surface area contributed by atoms with Gasteiger partial charge in [0.05, 0.1) is 15.6 Å². The number of thiazole rings is 1. The van der Waals surface area contributed by atoms with E-state index in [2.05, 4.69) is 15.7 Å². The molecule has 1 heterocycles. The maximum Gasteiger partial charge on any atom is 0.269 e. The zero-order valence-electron chi connectivity index (χ0n) is 11.5. The number of aromatic nitrogens is 1. The number of aryl methyl sites for hydroxylation is 1. The molecule has 6 heteroatoms. The number of hydrogen-bond acceptors (Lipinski definition) is 5. The first-order chi connectivity index (χ1) is 9.56. The summed E-state index contributed by atoms with van der Waals surface area (Å²) >= 11 is 1.66. The van der Waals surface area contributed by atoms with Crippen molar-refractivity contribution in [3.05, 3.63) is 56.0 Å². The average molecular weight is 291 g/mol. The third kappa shape index (κ3) is 3.85. The molecule has 0 aliphatic rings. The van der Waals surface area contributed by atoms with Gasteiger partial charge in [0.1, 0.15) is 0 Å². The van der Waals surface area contributed by atoms with E-state index in [1.54, 1.807) is 23.5 Å². The summed E-state index contributed by atoms with van der Waals surface area (Å²) in [7, 11) is 0. The van der Waals surface area contributed by atoms with Crippen molar-refractivity contribution >= 4 is 17.0 Å². The fraction of sp³-hybridized carbons (Fsp3) is 0.357. The molecule has 1 aromatic heterocycles. The molecular weight excluding hydrogens is 274 g/mol. The second kappa shape index (κ2) is 6.58. The van der Waals surface area contributed by atoms with E-state index in [0.29, 0.717) is 0 Å². The fourth-order valence-corrected chi connectivity index (χ4v) is 2.59. The molecule has 0 saturated heterocycles. The van der Waals surface area contributed by atoms with Crippen LogP contribution in [-0.2, 0) is 6.42 Å². The molecule has 2 aromatic rings. The molecule has 20 heavy (non-hydrogen) atoms. The molecule has 1 atom stereocenters. The van der Waals surface area contributed by atoms with Crippen molar-refractivity contribution in [3.63, 3.8) is 0 Å². The van der Waals surface area contributed by atoms with Gasteiger partial charge in [0, 0.05) is 36.5 Å². The lowest BCUT2D eigenvalue weighted by Crippen LogP contribution is -2.21. The summed E-state index contributed by atoms with van der Waals surface area (Å²) in [5, 5.41) is 17.2. The number of non-ortho nitro benzene ring substituents is 1. The highest BCUT2D eigenvalue weighted by Crippen LogP contribution is 2.17. The number of rotatable bonds is 6. The summed E-state index contributed by atoms with van der Waals surface area (Å²) in [5.41, 5.74) is 2.28. The molecular formula is C14H17N3O2S. The number of benzene rings is 1. The summed E-state index contributed by atoms with van der Waals surface area (Å²) in [5.74, 6) is 0. The van der Waals surface area contributed by atoms with Crippen LogP contribution in [0.1, 0.15) is 29.2 Å². The molecule has 0 saturated carbocycles. The largest absolute Gasteiger partial charge is 0.310 e. The highest BCUT2D eigenvalue weighted by Gasteiger charge is 2.08. The first kappa shape index (κ1) is 14.6. The Hall–Kier alpha value is -1.79. The Kier molecular flexibility index (Phi) is 4.81. The fourth-order valence-electron chi connectivity index (χ4n) is 1.94. The zero-order valence-corrected chi connectivity index (χ0v) is 12.3. The SMILES string of the molecule is Cc1nc(CCN[C@@H](C)c2ccc([N+](=O)[O-])cc2)cs1. The smallest absolute Gasteiger partial charge is 0.269 e. The number of nitrogens with zero attached hydrogens (tertiary/aromatic N) is 2. The Balaban J connectivity index is 1.85. The lowest BCUT2D eigenvalue weighted by molar-refractivity contribution is -0.384. The predicted octanol–water partition coefficient (Wildman–Crippen LogP) is 3.25. The third-order valence-corrected chi connectivity index (χ3v) is 3.92. The van der Waals surface area contributed by atoms with E-state index >= 15 is 0 Å². The highest BCUT2D eigenvalue weighted by atomic mass is 32.1. The molecule has 106 valence electrons. The van der Waals surface area contributed by atoms with Crippen molar-refractivity contribution < 1.29 is 4.92 Å². The molecule has 2 rings (SSSR count). The lowest BCUT2D eigenvalue weighted by Gasteiger charge is -2.13. The van der Waals surface area contributed by atoms with E-state index in [4.69, 9.17) is 0 Å². The minimum Gasteiger partial charge on any atom is -0.310 e. The normalized spacial score (nSPS) is 12.3. The molecule has 0 aliphatic heterocycles. The van der Waals surface area contributed by atoms with E-state index in [-0.39, 0.29) is 16.7 Å². The van der Waals surface area contributed by atoms with Crippen LogP contribution in [0.15, 0.2) is 29.6 Å². The van der Waals surface area contributed by atoms with Crippen molar-refractivity contribution in [3.8, 4) is 0 Å². The molecule has 0 amide bonds. The third-order valence-electron chi connectivity index (χ3n) is 3.10. The number of nitro benzene ring substituents is 1. The predicted molar refractivity (Wildman–Crippen MR) is 80.1 cm³/mol. The second-order valence-electron chi connectivity index (χ2n) is 4.63. The van der Waals surface area contributed by atoms with Gasteiger partial charge in [-0.15, -0.1) is 11.3 Å². The van der Waals surface area contributed by atoms with Gasteiger partial charge in [0.2, 0.25) is 0 Å².